The number of nitrogens with zero attached hydrogens (tertiary/aromatic N) is 2. The molecule has 1 aromatic heterocycles. The van der Waals surface area contributed by atoms with E-state index >= 15 is 0 Å². The lowest BCUT2D eigenvalue weighted by molar-refractivity contribution is 0.135. The van der Waals surface area contributed by atoms with Gasteiger partial charge in [0.05, 0.1) is 22.5 Å². The summed E-state index contributed by atoms with van der Waals surface area (Å²) in [6.07, 6.45) is 0.244. The van der Waals surface area contributed by atoms with Crippen molar-refractivity contribution in [1.82, 2.24) is 4.98 Å². The third-order valence-electron chi connectivity index (χ3n) is 3.13. The molecule has 0 unspecified atom stereocenters. The molecule has 1 aliphatic rings. The van der Waals surface area contributed by atoms with Crippen LogP contribution in [0.1, 0.15) is 29.8 Å². The van der Waals surface area contributed by atoms with Crippen LogP contribution in [0.4, 0.5) is 13.2 Å². The molecule has 0 aromatic carbocycles. The fraction of sp³-hybridized carbons (Fsp3) is 0.538. The summed E-state index contributed by atoms with van der Waals surface area (Å²) in [6, 6.07) is 0. The third-order valence-corrected chi connectivity index (χ3v) is 6.39. The molecule has 1 aliphatic carbocycles. The zero-order valence-electron chi connectivity index (χ0n) is 12.3. The van der Waals surface area contributed by atoms with Gasteiger partial charge in [0.25, 0.3) is 0 Å². The average molecular weight is 368 g/mol. The van der Waals surface area contributed by atoms with Crippen LogP contribution in [0.3, 0.4) is 0 Å². The van der Waals surface area contributed by atoms with Crippen molar-refractivity contribution in [2.24, 2.45) is 11.1 Å². The lowest BCUT2D eigenvalue weighted by Gasteiger charge is -1.98. The Morgan fingerprint density at radius 3 is 2.74 bits per heavy atom. The van der Waals surface area contributed by atoms with Crippen molar-refractivity contribution in [3.05, 3.63) is 22.5 Å². The number of halogens is 3. The largest absolute Gasteiger partial charge is 0.395 e. The standard InChI is InChI=1S/C13H15F3N2O3S2/c1-8-11(6-17-21-7-9-2-3-9)22-13(18-8)23(19,20)5-4-10(14)12(15)16/h6,9H,2-5,7H2,1H3. The molecule has 1 aromatic rings. The number of hydrogen-bond donors (Lipinski definition) is 0. The number of oxime groups is 1. The number of allylic oxidation sites excluding steroid dienone is 1. The molecular weight excluding hydrogens is 353 g/mol. The number of thiazole rings is 1. The lowest BCUT2D eigenvalue weighted by Crippen LogP contribution is -2.07. The molecule has 1 fully saturated rings. The van der Waals surface area contributed by atoms with Gasteiger partial charge >= 0.3 is 6.08 Å². The molecule has 23 heavy (non-hydrogen) atoms. The Bertz CT molecular complexity index is 721. The van der Waals surface area contributed by atoms with Crippen molar-refractivity contribution >= 4 is 27.4 Å². The van der Waals surface area contributed by atoms with Crippen molar-refractivity contribution in [2.75, 3.05) is 12.4 Å². The van der Waals surface area contributed by atoms with Gasteiger partial charge in [0, 0.05) is 6.42 Å². The van der Waals surface area contributed by atoms with E-state index in [4.69, 9.17) is 4.84 Å². The predicted molar refractivity (Wildman–Crippen MR) is 80.1 cm³/mol. The van der Waals surface area contributed by atoms with Crippen molar-refractivity contribution in [3.8, 4) is 0 Å². The molecule has 2 rings (SSSR count). The second-order valence-electron chi connectivity index (χ2n) is 5.14. The third kappa shape index (κ3) is 5.31. The highest BCUT2D eigenvalue weighted by molar-refractivity contribution is 7.93. The Balaban J connectivity index is 2.01. The maximum Gasteiger partial charge on any atom is 0.301 e. The number of aromatic nitrogens is 1. The highest BCUT2D eigenvalue weighted by Crippen LogP contribution is 2.29. The fourth-order valence-corrected chi connectivity index (χ4v) is 4.15. The number of aryl methyl sites for hydroxylation is 1. The summed E-state index contributed by atoms with van der Waals surface area (Å²) in [5, 5.41) is 3.76. The van der Waals surface area contributed by atoms with Gasteiger partial charge in [0.2, 0.25) is 14.2 Å². The number of hydrogen-bond acceptors (Lipinski definition) is 6. The van der Waals surface area contributed by atoms with Gasteiger partial charge in [-0.05, 0) is 25.7 Å². The topological polar surface area (TPSA) is 68.6 Å². The van der Waals surface area contributed by atoms with E-state index in [-0.39, 0.29) is 4.34 Å². The molecule has 5 nitrogen and oxygen atoms in total. The minimum atomic E-state index is -3.93. The van der Waals surface area contributed by atoms with Crippen molar-refractivity contribution in [3.63, 3.8) is 0 Å². The lowest BCUT2D eigenvalue weighted by atomic mass is 10.4. The van der Waals surface area contributed by atoms with Gasteiger partial charge in [-0.25, -0.2) is 17.8 Å². The van der Waals surface area contributed by atoms with Gasteiger partial charge in [0.1, 0.15) is 6.61 Å². The summed E-state index contributed by atoms with van der Waals surface area (Å²) in [7, 11) is -3.93. The first-order chi connectivity index (χ1) is 10.8. The molecule has 0 amide bonds. The maximum absolute atomic E-state index is 12.7. The number of rotatable bonds is 8. The fourth-order valence-electron chi connectivity index (χ4n) is 1.56. The van der Waals surface area contributed by atoms with Crippen molar-refractivity contribution in [1.29, 1.82) is 0 Å². The minimum absolute atomic E-state index is 0.245. The Morgan fingerprint density at radius 2 is 2.13 bits per heavy atom. The average Bonchev–Trinajstić information content (AvgIpc) is 3.23. The quantitative estimate of drug-likeness (QED) is 0.521. The molecule has 10 heteroatoms. The van der Waals surface area contributed by atoms with E-state index in [1.165, 1.54) is 6.21 Å². The van der Waals surface area contributed by atoms with Gasteiger partial charge in [-0.15, -0.1) is 11.3 Å². The summed E-state index contributed by atoms with van der Waals surface area (Å²) in [4.78, 5) is 9.46. The smallest absolute Gasteiger partial charge is 0.301 e. The highest BCUT2D eigenvalue weighted by Gasteiger charge is 2.23. The van der Waals surface area contributed by atoms with Gasteiger partial charge in [-0.3, -0.25) is 0 Å². The second kappa shape index (κ2) is 7.43. The van der Waals surface area contributed by atoms with Gasteiger partial charge in [-0.1, -0.05) is 5.16 Å². The molecule has 1 heterocycles. The van der Waals surface area contributed by atoms with E-state index in [1.807, 2.05) is 0 Å². The SMILES string of the molecule is Cc1nc(S(=O)(=O)CCC(F)=C(F)F)sc1C=NOCC1CC1. The predicted octanol–water partition coefficient (Wildman–Crippen LogP) is 3.45. The minimum Gasteiger partial charge on any atom is -0.395 e. The summed E-state index contributed by atoms with van der Waals surface area (Å²) >= 11 is 0.847. The van der Waals surface area contributed by atoms with Crippen LogP contribution in [0.15, 0.2) is 21.4 Å². The molecule has 0 atom stereocenters. The molecule has 128 valence electrons. The summed E-state index contributed by atoms with van der Waals surface area (Å²) in [5.41, 5.74) is 0.431. The van der Waals surface area contributed by atoms with E-state index in [0.29, 0.717) is 23.1 Å². The molecule has 0 spiro atoms. The first-order valence-corrected chi connectivity index (χ1v) is 9.31. The van der Waals surface area contributed by atoms with Crippen LogP contribution >= 0.6 is 11.3 Å². The molecule has 1 saturated carbocycles. The molecule has 0 N–H and O–H groups in total. The first kappa shape index (κ1) is 17.9. The van der Waals surface area contributed by atoms with E-state index in [9.17, 15) is 21.6 Å². The Hall–Kier alpha value is -1.42. The van der Waals surface area contributed by atoms with Crippen LogP contribution < -0.4 is 0 Å². The van der Waals surface area contributed by atoms with Crippen molar-refractivity contribution < 1.29 is 26.4 Å². The van der Waals surface area contributed by atoms with Gasteiger partial charge < -0.3 is 4.84 Å². The van der Waals surface area contributed by atoms with Gasteiger partial charge in [0.15, 0.2) is 5.83 Å². The van der Waals surface area contributed by atoms with Crippen LogP contribution in [0.2, 0.25) is 0 Å². The second-order valence-corrected chi connectivity index (χ2v) is 8.45. The zero-order chi connectivity index (χ0) is 17.0. The van der Waals surface area contributed by atoms with Gasteiger partial charge in [-0.2, -0.15) is 8.78 Å². The van der Waals surface area contributed by atoms with Crippen LogP contribution in [0.5, 0.6) is 0 Å². The molecule has 0 radical (unpaired) electrons. The van der Waals surface area contributed by atoms with Crippen LogP contribution in [0, 0.1) is 12.8 Å². The van der Waals surface area contributed by atoms with Crippen LogP contribution in [-0.4, -0.2) is 32.0 Å². The van der Waals surface area contributed by atoms with Crippen LogP contribution in [-0.2, 0) is 14.7 Å². The molecular formula is C13H15F3N2O3S2. The van der Waals surface area contributed by atoms with E-state index < -0.39 is 33.9 Å². The van der Waals surface area contributed by atoms with Crippen molar-refractivity contribution in [2.45, 2.75) is 30.5 Å². The molecule has 0 bridgehead atoms. The Labute approximate surface area is 135 Å². The highest BCUT2D eigenvalue weighted by atomic mass is 32.2. The number of sulfone groups is 1. The summed E-state index contributed by atoms with van der Waals surface area (Å²) in [6.45, 7) is 2.12. The first-order valence-electron chi connectivity index (χ1n) is 6.84. The Morgan fingerprint density at radius 1 is 1.43 bits per heavy atom. The maximum atomic E-state index is 12.7. The summed E-state index contributed by atoms with van der Waals surface area (Å²) < 4.78 is 60.4. The van der Waals surface area contributed by atoms with Crippen LogP contribution in [0.25, 0.3) is 0 Å². The summed E-state index contributed by atoms with van der Waals surface area (Å²) in [5.74, 6) is -1.95. The van der Waals surface area contributed by atoms with E-state index in [1.54, 1.807) is 6.92 Å². The Kier molecular flexibility index (Phi) is 5.79. The van der Waals surface area contributed by atoms with E-state index in [0.717, 1.165) is 24.2 Å². The molecule has 0 saturated heterocycles. The monoisotopic (exact) mass is 368 g/mol. The molecule has 0 aliphatic heterocycles. The normalized spacial score (nSPS) is 15.1. The zero-order valence-corrected chi connectivity index (χ0v) is 13.9. The van der Waals surface area contributed by atoms with E-state index in [2.05, 4.69) is 10.1 Å².